The molecule has 70 valence electrons. The van der Waals surface area contributed by atoms with Gasteiger partial charge in [0.15, 0.2) is 6.10 Å². The van der Waals surface area contributed by atoms with Crippen LogP contribution in [0.5, 0.6) is 0 Å². The van der Waals surface area contributed by atoms with E-state index in [-0.39, 0.29) is 11.5 Å². The second-order valence-electron chi connectivity index (χ2n) is 3.42. The number of hydrogen-bond acceptors (Lipinski definition) is 4. The highest BCUT2D eigenvalue weighted by Gasteiger charge is 2.39. The van der Waals surface area contributed by atoms with Gasteiger partial charge in [0, 0.05) is 12.1 Å². The smallest absolute Gasteiger partial charge is 0.336 e. The Morgan fingerprint density at radius 1 is 1.67 bits per heavy atom. The minimum atomic E-state index is -0.490. The largest absolute Gasteiger partial charge is 0.467 e. The fourth-order valence-corrected chi connectivity index (χ4v) is 1.32. The van der Waals surface area contributed by atoms with Crippen molar-refractivity contribution in [3.8, 4) is 0 Å². The summed E-state index contributed by atoms with van der Waals surface area (Å²) in [5.74, 6) is -0.313. The lowest BCUT2D eigenvalue weighted by Gasteiger charge is -2.37. The summed E-state index contributed by atoms with van der Waals surface area (Å²) < 4.78 is 9.93. The Morgan fingerprint density at radius 2 is 2.33 bits per heavy atom. The number of ether oxygens (including phenoxy) is 2. The van der Waals surface area contributed by atoms with Crippen LogP contribution in [-0.4, -0.2) is 37.9 Å². The minimum absolute atomic E-state index is 0.313. The third-order valence-corrected chi connectivity index (χ3v) is 2.04. The molecule has 1 saturated heterocycles. The van der Waals surface area contributed by atoms with Crippen LogP contribution in [0.15, 0.2) is 0 Å². The molecule has 0 radical (unpaired) electrons. The summed E-state index contributed by atoms with van der Waals surface area (Å²) >= 11 is 0. The van der Waals surface area contributed by atoms with E-state index in [4.69, 9.17) is 4.74 Å². The van der Waals surface area contributed by atoms with E-state index in [2.05, 4.69) is 10.1 Å². The van der Waals surface area contributed by atoms with Crippen LogP contribution >= 0.6 is 0 Å². The minimum Gasteiger partial charge on any atom is -0.467 e. The summed E-state index contributed by atoms with van der Waals surface area (Å²) in [6.45, 7) is 5.19. The number of nitrogens with one attached hydrogen (secondary N) is 1. The molecule has 0 spiro atoms. The zero-order valence-electron chi connectivity index (χ0n) is 7.72. The van der Waals surface area contributed by atoms with Gasteiger partial charge >= 0.3 is 5.97 Å². The third-order valence-electron chi connectivity index (χ3n) is 2.04. The fraction of sp³-hybridized carbons (Fsp3) is 0.875. The molecule has 0 amide bonds. The molecule has 1 N–H and O–H groups in total. The van der Waals surface area contributed by atoms with Crippen LogP contribution in [-0.2, 0) is 14.3 Å². The van der Waals surface area contributed by atoms with E-state index in [0.717, 1.165) is 6.54 Å². The Labute approximate surface area is 72.2 Å². The number of carbonyl (C=O) groups excluding carboxylic acids is 1. The van der Waals surface area contributed by atoms with E-state index in [0.29, 0.717) is 6.61 Å². The van der Waals surface area contributed by atoms with Gasteiger partial charge in [0.05, 0.1) is 13.7 Å². The lowest BCUT2D eigenvalue weighted by molar-refractivity contribution is -0.163. The van der Waals surface area contributed by atoms with Crippen LogP contribution in [0.4, 0.5) is 0 Å². The number of methoxy groups -OCH3 is 1. The molecule has 0 aromatic carbocycles. The van der Waals surface area contributed by atoms with Gasteiger partial charge in [-0.1, -0.05) is 0 Å². The van der Waals surface area contributed by atoms with Gasteiger partial charge in [-0.05, 0) is 13.8 Å². The zero-order valence-corrected chi connectivity index (χ0v) is 7.72. The average molecular weight is 173 g/mol. The summed E-state index contributed by atoms with van der Waals surface area (Å²) in [5.41, 5.74) is -0.328. The second-order valence-corrected chi connectivity index (χ2v) is 3.42. The number of esters is 1. The lowest BCUT2D eigenvalue weighted by atomic mass is 9.96. The molecule has 1 fully saturated rings. The van der Waals surface area contributed by atoms with Crippen LogP contribution in [0.3, 0.4) is 0 Å². The summed E-state index contributed by atoms with van der Waals surface area (Å²) in [7, 11) is 1.37. The number of hydrogen-bond donors (Lipinski definition) is 1. The number of carbonyl (C=O) groups is 1. The monoisotopic (exact) mass is 173 g/mol. The van der Waals surface area contributed by atoms with Crippen molar-refractivity contribution in [1.82, 2.24) is 5.32 Å². The lowest BCUT2D eigenvalue weighted by Crippen LogP contribution is -2.59. The first kappa shape index (κ1) is 9.48. The van der Waals surface area contributed by atoms with Crippen LogP contribution in [0.25, 0.3) is 0 Å². The molecule has 1 unspecified atom stereocenters. The van der Waals surface area contributed by atoms with E-state index in [1.165, 1.54) is 7.11 Å². The zero-order chi connectivity index (χ0) is 9.19. The van der Waals surface area contributed by atoms with Gasteiger partial charge in [0.2, 0.25) is 0 Å². The molecule has 1 atom stereocenters. The quantitative estimate of drug-likeness (QED) is 0.564. The highest BCUT2D eigenvalue weighted by molar-refractivity contribution is 5.76. The molecule has 12 heavy (non-hydrogen) atoms. The van der Waals surface area contributed by atoms with Gasteiger partial charge < -0.3 is 14.8 Å². The molecule has 0 aliphatic carbocycles. The van der Waals surface area contributed by atoms with Crippen molar-refractivity contribution >= 4 is 5.97 Å². The van der Waals surface area contributed by atoms with Gasteiger partial charge in [0.25, 0.3) is 0 Å². The standard InChI is InChI=1S/C8H15NO3/c1-8(2)6(7(10)11-3)12-5-4-9-8/h6,9H,4-5H2,1-3H3. The summed E-state index contributed by atoms with van der Waals surface area (Å²) in [4.78, 5) is 11.2. The van der Waals surface area contributed by atoms with Crippen molar-refractivity contribution in [1.29, 1.82) is 0 Å². The van der Waals surface area contributed by atoms with Gasteiger partial charge in [-0.2, -0.15) is 0 Å². The van der Waals surface area contributed by atoms with Crippen molar-refractivity contribution in [3.05, 3.63) is 0 Å². The molecule has 4 nitrogen and oxygen atoms in total. The molecule has 1 aliphatic heterocycles. The summed E-state index contributed by atoms with van der Waals surface area (Å²) in [6.07, 6.45) is -0.490. The van der Waals surface area contributed by atoms with E-state index in [9.17, 15) is 4.79 Å². The van der Waals surface area contributed by atoms with Gasteiger partial charge in [-0.25, -0.2) is 4.79 Å². The number of morpholine rings is 1. The maximum absolute atomic E-state index is 11.2. The first-order valence-corrected chi connectivity index (χ1v) is 4.02. The molecule has 0 aromatic rings. The molecule has 1 aliphatic rings. The van der Waals surface area contributed by atoms with Gasteiger partial charge in [0.1, 0.15) is 0 Å². The second kappa shape index (κ2) is 3.41. The molecule has 1 heterocycles. The van der Waals surface area contributed by atoms with E-state index >= 15 is 0 Å². The Hall–Kier alpha value is -0.610. The first-order valence-electron chi connectivity index (χ1n) is 4.02. The SMILES string of the molecule is COC(=O)C1OCCNC1(C)C. The Balaban J connectivity index is 2.66. The van der Waals surface area contributed by atoms with Crippen LogP contribution in [0, 0.1) is 0 Å². The summed E-state index contributed by atoms with van der Waals surface area (Å²) in [5, 5.41) is 3.20. The topological polar surface area (TPSA) is 47.6 Å². The molecular weight excluding hydrogens is 158 g/mol. The fourth-order valence-electron chi connectivity index (χ4n) is 1.32. The van der Waals surface area contributed by atoms with Crippen LogP contribution < -0.4 is 5.32 Å². The predicted molar refractivity (Wildman–Crippen MR) is 43.8 cm³/mol. The van der Waals surface area contributed by atoms with E-state index < -0.39 is 6.10 Å². The highest BCUT2D eigenvalue weighted by Crippen LogP contribution is 2.17. The normalized spacial score (nSPS) is 28.1. The van der Waals surface area contributed by atoms with Crippen molar-refractivity contribution in [3.63, 3.8) is 0 Å². The van der Waals surface area contributed by atoms with Crippen LogP contribution in [0.1, 0.15) is 13.8 Å². The van der Waals surface area contributed by atoms with Gasteiger partial charge in [-0.15, -0.1) is 0 Å². The summed E-state index contributed by atoms with van der Waals surface area (Å²) in [6, 6.07) is 0. The molecule has 4 heteroatoms. The average Bonchev–Trinajstić information content (AvgIpc) is 2.02. The van der Waals surface area contributed by atoms with Crippen LogP contribution in [0.2, 0.25) is 0 Å². The van der Waals surface area contributed by atoms with Crippen molar-refractivity contribution < 1.29 is 14.3 Å². The van der Waals surface area contributed by atoms with E-state index in [1.54, 1.807) is 0 Å². The predicted octanol–water partition coefficient (Wildman–Crippen LogP) is -0.0736. The maximum atomic E-state index is 11.2. The van der Waals surface area contributed by atoms with Crippen molar-refractivity contribution in [2.24, 2.45) is 0 Å². The maximum Gasteiger partial charge on any atom is 0.336 e. The molecule has 1 rings (SSSR count). The van der Waals surface area contributed by atoms with Crippen molar-refractivity contribution in [2.75, 3.05) is 20.3 Å². The Kier molecular flexibility index (Phi) is 2.69. The van der Waals surface area contributed by atoms with Crippen molar-refractivity contribution in [2.45, 2.75) is 25.5 Å². The Bertz CT molecular complexity index is 179. The molecule has 0 saturated carbocycles. The molecule has 0 bridgehead atoms. The molecular formula is C8H15NO3. The Morgan fingerprint density at radius 3 is 2.83 bits per heavy atom. The first-order chi connectivity index (χ1) is 5.58. The van der Waals surface area contributed by atoms with E-state index in [1.807, 2.05) is 13.8 Å². The molecule has 0 aromatic heterocycles. The third kappa shape index (κ3) is 1.76. The number of rotatable bonds is 1. The highest BCUT2D eigenvalue weighted by atomic mass is 16.6. The van der Waals surface area contributed by atoms with Gasteiger partial charge in [-0.3, -0.25) is 0 Å².